The Morgan fingerprint density at radius 1 is 0.231 bits per heavy atom. The van der Waals surface area contributed by atoms with Crippen LogP contribution in [0.1, 0.15) is 7.43 Å². The summed E-state index contributed by atoms with van der Waals surface area (Å²) in [6.07, 6.45) is 0. The van der Waals surface area contributed by atoms with Crippen LogP contribution >= 0.6 is 15.9 Å². The molecule has 436 valence electrons. The summed E-state index contributed by atoms with van der Waals surface area (Å²) in [5.41, 5.74) is 23.1. The van der Waals surface area contributed by atoms with E-state index in [-0.39, 0.29) is 12.1 Å². The van der Waals surface area contributed by atoms with Crippen molar-refractivity contribution in [2.75, 3.05) is 0 Å². The lowest BCUT2D eigenvalue weighted by Gasteiger charge is -2.11. The molecule has 14 aromatic carbocycles. The zero-order valence-electron chi connectivity index (χ0n) is 49.0. The third kappa shape index (κ3) is 10.4. The van der Waals surface area contributed by atoms with Gasteiger partial charge in [0.05, 0.1) is 38.6 Å². The van der Waals surface area contributed by atoms with Gasteiger partial charge in [0.25, 0.3) is 0 Å². The first kappa shape index (κ1) is 57.4. The third-order valence-corrected chi connectivity index (χ3v) is 18.0. The van der Waals surface area contributed by atoms with Gasteiger partial charge in [0, 0.05) is 70.1 Å². The summed E-state index contributed by atoms with van der Waals surface area (Å²) in [5.74, 6) is 0. The minimum atomic E-state index is 0. The second-order valence-electron chi connectivity index (χ2n) is 22.6. The molecule has 91 heavy (non-hydrogen) atoms. The molecule has 0 aliphatic heterocycles. The maximum Gasteiger partial charge on any atom is 0.0641 e. The Morgan fingerprint density at radius 2 is 0.549 bits per heavy atom. The predicted molar refractivity (Wildman–Crippen MR) is 390 cm³/mol. The first-order valence-corrected chi connectivity index (χ1v) is 31.1. The number of halogens is 2. The SMILES string of the molecule is Brc1ccc(-c2ccccc2)cc1.C.F.c1ccc(-c2ccc(-n3c4ccccc4c4c3ccc3c5ccccc5n(-c5ccc(-c6ccccc6)cc5)c34)cc2)cc1.c1ccc(-c2ccc(-n3c4ccccc4c4c5[nH]c6ccccc6c5ccc43)cc2)cc1. The van der Waals surface area contributed by atoms with E-state index in [0.29, 0.717) is 0 Å². The molecule has 0 saturated carbocycles. The molecule has 0 aliphatic rings. The van der Waals surface area contributed by atoms with Gasteiger partial charge in [-0.15, -0.1) is 0 Å². The van der Waals surface area contributed by atoms with Gasteiger partial charge in [-0.1, -0.05) is 278 Å². The maximum atomic E-state index is 3.70. The van der Waals surface area contributed by atoms with Crippen LogP contribution in [0.4, 0.5) is 4.70 Å². The number of benzene rings is 14. The molecule has 0 fully saturated rings. The molecule has 0 saturated heterocycles. The summed E-state index contributed by atoms with van der Waals surface area (Å²) < 4.78 is 8.37. The fourth-order valence-electron chi connectivity index (χ4n) is 13.3. The number of aromatic amines is 1. The van der Waals surface area contributed by atoms with Gasteiger partial charge in [-0.25, -0.2) is 0 Å². The van der Waals surface area contributed by atoms with Crippen LogP contribution in [0.15, 0.2) is 344 Å². The molecule has 18 rings (SSSR count). The minimum Gasteiger partial charge on any atom is -0.354 e. The number of nitrogens with one attached hydrogen (secondary N) is 1. The van der Waals surface area contributed by atoms with Crippen LogP contribution in [0.3, 0.4) is 0 Å². The maximum absolute atomic E-state index is 3.70. The van der Waals surface area contributed by atoms with Crippen LogP contribution in [0.5, 0.6) is 0 Å². The molecule has 0 aliphatic carbocycles. The number of hydrogen-bond acceptors (Lipinski definition) is 0. The van der Waals surface area contributed by atoms with Crippen molar-refractivity contribution in [2.24, 2.45) is 0 Å². The van der Waals surface area contributed by atoms with Crippen molar-refractivity contribution in [1.82, 2.24) is 18.7 Å². The molecule has 4 aromatic heterocycles. The van der Waals surface area contributed by atoms with E-state index in [2.05, 4.69) is 368 Å². The van der Waals surface area contributed by atoms with Crippen molar-refractivity contribution >= 4 is 103 Å². The van der Waals surface area contributed by atoms with E-state index in [0.717, 1.165) is 15.8 Å². The Kier molecular flexibility index (Phi) is 15.6. The van der Waals surface area contributed by atoms with Crippen LogP contribution in [0, 0.1) is 0 Å². The number of rotatable bonds is 7. The van der Waals surface area contributed by atoms with Crippen molar-refractivity contribution < 1.29 is 4.70 Å². The Labute approximate surface area is 536 Å². The average Bonchev–Trinajstić information content (AvgIpc) is 1.56. The highest BCUT2D eigenvalue weighted by Gasteiger charge is 2.22. The lowest BCUT2D eigenvalue weighted by Crippen LogP contribution is -1.95. The quantitative estimate of drug-likeness (QED) is 0.165. The highest BCUT2D eigenvalue weighted by Crippen LogP contribution is 2.43. The number of aromatic nitrogens is 4. The number of H-pyrrole nitrogens is 1. The monoisotopic (exact) mass is 1240 g/mol. The van der Waals surface area contributed by atoms with Crippen LogP contribution in [0.2, 0.25) is 0 Å². The summed E-state index contributed by atoms with van der Waals surface area (Å²) in [6.45, 7) is 0. The molecule has 4 nitrogen and oxygen atoms in total. The molecule has 6 heteroatoms. The molecule has 4 heterocycles. The number of fused-ring (bicyclic) bond motifs is 14. The van der Waals surface area contributed by atoms with E-state index in [1.807, 2.05) is 6.07 Å². The van der Waals surface area contributed by atoms with Crippen molar-refractivity contribution in [3.63, 3.8) is 0 Å². The molecular formula is C85H62BrFN4. The summed E-state index contributed by atoms with van der Waals surface area (Å²) in [5, 5.41) is 10.2. The lowest BCUT2D eigenvalue weighted by molar-refractivity contribution is 1.11. The molecule has 0 atom stereocenters. The van der Waals surface area contributed by atoms with Gasteiger partial charge in [-0.05, 0) is 129 Å². The Bertz CT molecular complexity index is 5560. The molecule has 0 unspecified atom stereocenters. The van der Waals surface area contributed by atoms with Gasteiger partial charge in [0.1, 0.15) is 0 Å². The van der Waals surface area contributed by atoms with Crippen LogP contribution < -0.4 is 0 Å². The van der Waals surface area contributed by atoms with Crippen molar-refractivity contribution in [3.8, 4) is 61.6 Å². The average molecular weight is 1240 g/mol. The predicted octanol–water partition coefficient (Wildman–Crippen LogP) is 24.2. The standard InChI is InChI=1S/C42H28N2.C30H20N2.C12H9Br.CH4.FH/c1-3-11-29(12-4-1)31-19-23-33(24-20-31)43-39-18-10-8-16-37(39)41-40(43)28-27-36-35-15-7-9-17-38(35)44(42(36)41)34-25-21-32(22-26-34)30-13-5-2-6-14-30;1-2-8-20(9-3-1)21-14-16-22(17-15-21)32-27-13-7-5-11-25(27)29-28(32)19-18-24-23-10-4-6-12-26(23)31-30(24)29;13-12-8-6-11(7-9-12)10-4-2-1-3-5-10;;/h1-28H;1-19,31H;1-9H;1H4;1H. The van der Waals surface area contributed by atoms with Gasteiger partial charge < -0.3 is 18.7 Å². The third-order valence-electron chi connectivity index (χ3n) is 17.4. The van der Waals surface area contributed by atoms with Crippen LogP contribution in [-0.4, -0.2) is 18.7 Å². The topological polar surface area (TPSA) is 30.6 Å². The Balaban J connectivity index is 0.000000134. The number of hydrogen-bond donors (Lipinski definition) is 1. The van der Waals surface area contributed by atoms with Gasteiger partial charge in [0.2, 0.25) is 0 Å². The van der Waals surface area contributed by atoms with Gasteiger partial charge in [-0.3, -0.25) is 4.70 Å². The fraction of sp³-hybridized carbons (Fsp3) is 0.0118. The number of nitrogens with zero attached hydrogens (tertiary/aromatic N) is 3. The zero-order chi connectivity index (χ0) is 59.2. The molecule has 1 N–H and O–H groups in total. The summed E-state index contributed by atoms with van der Waals surface area (Å²) in [7, 11) is 0. The van der Waals surface area contributed by atoms with E-state index in [9.17, 15) is 0 Å². The molecule has 0 radical (unpaired) electrons. The van der Waals surface area contributed by atoms with E-state index in [4.69, 9.17) is 0 Å². The van der Waals surface area contributed by atoms with Crippen LogP contribution in [-0.2, 0) is 0 Å². The second kappa shape index (κ2) is 24.7. The first-order valence-electron chi connectivity index (χ1n) is 30.3. The highest BCUT2D eigenvalue weighted by molar-refractivity contribution is 9.10. The van der Waals surface area contributed by atoms with E-state index < -0.39 is 0 Å². The minimum absolute atomic E-state index is 0. The molecule has 0 amide bonds. The first-order chi connectivity index (χ1) is 44.1. The molecule has 0 spiro atoms. The molecule has 18 aromatic rings. The zero-order valence-corrected chi connectivity index (χ0v) is 50.5. The highest BCUT2D eigenvalue weighted by atomic mass is 79.9. The van der Waals surface area contributed by atoms with Crippen molar-refractivity contribution in [2.45, 2.75) is 7.43 Å². The van der Waals surface area contributed by atoms with Gasteiger partial charge >= 0.3 is 0 Å². The Morgan fingerprint density at radius 3 is 1.00 bits per heavy atom. The second-order valence-corrected chi connectivity index (χ2v) is 23.5. The van der Waals surface area contributed by atoms with E-state index in [1.54, 1.807) is 0 Å². The van der Waals surface area contributed by atoms with E-state index in [1.165, 1.54) is 137 Å². The Hall–Kier alpha value is -11.3. The van der Waals surface area contributed by atoms with Crippen molar-refractivity contribution in [3.05, 3.63) is 344 Å². The summed E-state index contributed by atoms with van der Waals surface area (Å²) in [4.78, 5) is 3.70. The fourth-order valence-corrected chi connectivity index (χ4v) is 13.5. The molecule has 0 bridgehead atoms. The largest absolute Gasteiger partial charge is 0.354 e. The lowest BCUT2D eigenvalue weighted by atomic mass is 10.1. The normalized spacial score (nSPS) is 11.2. The van der Waals surface area contributed by atoms with E-state index >= 15 is 0 Å². The van der Waals surface area contributed by atoms with Gasteiger partial charge in [0.15, 0.2) is 0 Å². The summed E-state index contributed by atoms with van der Waals surface area (Å²) in [6, 6.07) is 121. The smallest absolute Gasteiger partial charge is 0.0641 e. The van der Waals surface area contributed by atoms with Crippen LogP contribution in [0.25, 0.3) is 149 Å². The van der Waals surface area contributed by atoms with Gasteiger partial charge in [-0.2, -0.15) is 0 Å². The number of para-hydroxylation sites is 4. The summed E-state index contributed by atoms with van der Waals surface area (Å²) >= 11 is 3.42. The van der Waals surface area contributed by atoms with Crippen molar-refractivity contribution in [1.29, 1.82) is 0 Å². The molecular weight excluding hydrogens is 1180 g/mol.